The second kappa shape index (κ2) is 7.12. The van der Waals surface area contributed by atoms with Gasteiger partial charge in [0.25, 0.3) is 0 Å². The van der Waals surface area contributed by atoms with Crippen molar-refractivity contribution in [1.29, 1.82) is 0 Å². The van der Waals surface area contributed by atoms with Crippen molar-refractivity contribution in [2.24, 2.45) is 0 Å². The third kappa shape index (κ3) is 3.10. The summed E-state index contributed by atoms with van der Waals surface area (Å²) < 4.78 is 2.46. The third-order valence-corrected chi connectivity index (χ3v) is 5.59. The van der Waals surface area contributed by atoms with Gasteiger partial charge in [-0.25, -0.2) is 4.98 Å². The summed E-state index contributed by atoms with van der Waals surface area (Å²) in [6.07, 6.45) is 3.15. The molecule has 4 nitrogen and oxygen atoms in total. The minimum Gasteiger partial charge on any atom is -0.354 e. The Morgan fingerprint density at radius 1 is 1.08 bits per heavy atom. The monoisotopic (exact) mass is 348 g/mol. The molecule has 0 bridgehead atoms. The summed E-state index contributed by atoms with van der Waals surface area (Å²) in [6.45, 7) is 10.9. The first kappa shape index (κ1) is 17.1. The number of fused-ring (bicyclic) bond motifs is 1. The molecule has 1 aromatic carbocycles. The molecule has 26 heavy (non-hydrogen) atoms. The third-order valence-electron chi connectivity index (χ3n) is 5.59. The zero-order chi connectivity index (χ0) is 18.1. The first-order valence-corrected chi connectivity index (χ1v) is 9.71. The fraction of sp³-hybridized carbons (Fsp3) is 0.409. The Morgan fingerprint density at radius 3 is 2.54 bits per heavy atom. The number of benzene rings is 1. The lowest BCUT2D eigenvalue weighted by atomic mass is 10.1. The quantitative estimate of drug-likeness (QED) is 0.759. The van der Waals surface area contributed by atoms with E-state index in [2.05, 4.69) is 72.0 Å². The van der Waals surface area contributed by atoms with Crippen LogP contribution in [0.2, 0.25) is 0 Å². The molecule has 136 valence electrons. The van der Waals surface area contributed by atoms with Crippen molar-refractivity contribution in [1.82, 2.24) is 14.9 Å². The molecule has 1 N–H and O–H groups in total. The van der Waals surface area contributed by atoms with E-state index in [1.54, 1.807) is 0 Å². The van der Waals surface area contributed by atoms with Crippen LogP contribution < -0.4 is 10.2 Å². The van der Waals surface area contributed by atoms with Gasteiger partial charge in [0.1, 0.15) is 5.82 Å². The molecular formula is C22H28N4. The van der Waals surface area contributed by atoms with E-state index >= 15 is 0 Å². The van der Waals surface area contributed by atoms with Crippen LogP contribution in [0.25, 0.3) is 22.0 Å². The summed E-state index contributed by atoms with van der Waals surface area (Å²) >= 11 is 0. The lowest BCUT2D eigenvalue weighted by molar-refractivity contribution is 0.537. The van der Waals surface area contributed by atoms with E-state index in [1.165, 1.54) is 27.7 Å². The van der Waals surface area contributed by atoms with Gasteiger partial charge >= 0.3 is 0 Å². The highest BCUT2D eigenvalue weighted by Crippen LogP contribution is 2.30. The SMILES string of the molecule is CC[C@H](C)n1c(C)cc2ccc(-c3ccc(N4CCNCC4)nc3)cc21. The molecular weight excluding hydrogens is 320 g/mol. The van der Waals surface area contributed by atoms with Gasteiger partial charge in [-0.15, -0.1) is 0 Å². The molecule has 1 atom stereocenters. The van der Waals surface area contributed by atoms with Crippen LogP contribution >= 0.6 is 0 Å². The van der Waals surface area contributed by atoms with Gasteiger partial charge in [0.2, 0.25) is 0 Å². The molecule has 3 heterocycles. The average Bonchev–Trinajstić information content (AvgIpc) is 3.03. The minimum absolute atomic E-state index is 0.510. The van der Waals surface area contributed by atoms with E-state index in [4.69, 9.17) is 4.98 Å². The van der Waals surface area contributed by atoms with Crippen LogP contribution in [0.15, 0.2) is 42.6 Å². The number of anilines is 1. The largest absolute Gasteiger partial charge is 0.354 e. The zero-order valence-corrected chi connectivity index (χ0v) is 16.0. The normalized spacial score (nSPS) is 16.2. The van der Waals surface area contributed by atoms with Crippen LogP contribution in [0, 0.1) is 6.92 Å². The number of aryl methyl sites for hydroxylation is 1. The Hall–Kier alpha value is -2.33. The van der Waals surface area contributed by atoms with E-state index in [1.807, 2.05) is 6.20 Å². The fourth-order valence-electron chi connectivity index (χ4n) is 3.94. The summed E-state index contributed by atoms with van der Waals surface area (Å²) in [5.74, 6) is 1.08. The Bertz CT molecular complexity index is 888. The Kier molecular flexibility index (Phi) is 4.68. The second-order valence-electron chi connectivity index (χ2n) is 7.33. The predicted molar refractivity (Wildman–Crippen MR) is 110 cm³/mol. The molecule has 0 unspecified atom stereocenters. The molecule has 1 aliphatic heterocycles. The van der Waals surface area contributed by atoms with Crippen LogP contribution in [0.3, 0.4) is 0 Å². The molecule has 3 aromatic rings. The van der Waals surface area contributed by atoms with Crippen molar-refractivity contribution in [2.75, 3.05) is 31.1 Å². The maximum atomic E-state index is 4.73. The van der Waals surface area contributed by atoms with Gasteiger partial charge in [-0.1, -0.05) is 19.1 Å². The highest BCUT2D eigenvalue weighted by atomic mass is 15.2. The van der Waals surface area contributed by atoms with Gasteiger partial charge < -0.3 is 14.8 Å². The number of rotatable bonds is 4. The lowest BCUT2D eigenvalue weighted by Crippen LogP contribution is -2.43. The van der Waals surface area contributed by atoms with Crippen molar-refractivity contribution in [2.45, 2.75) is 33.2 Å². The molecule has 2 aromatic heterocycles. The topological polar surface area (TPSA) is 33.1 Å². The van der Waals surface area contributed by atoms with Gasteiger partial charge in [0.15, 0.2) is 0 Å². The number of piperazine rings is 1. The van der Waals surface area contributed by atoms with Gasteiger partial charge in [-0.3, -0.25) is 0 Å². The van der Waals surface area contributed by atoms with Gasteiger partial charge in [0, 0.05) is 55.2 Å². The van der Waals surface area contributed by atoms with E-state index < -0.39 is 0 Å². The average molecular weight is 348 g/mol. The van der Waals surface area contributed by atoms with E-state index in [9.17, 15) is 0 Å². The van der Waals surface area contributed by atoms with E-state index in [-0.39, 0.29) is 0 Å². The van der Waals surface area contributed by atoms with Gasteiger partial charge in [-0.05, 0) is 55.5 Å². The highest BCUT2D eigenvalue weighted by molar-refractivity contribution is 5.86. The van der Waals surface area contributed by atoms with Gasteiger partial charge in [-0.2, -0.15) is 0 Å². The molecule has 0 amide bonds. The molecule has 0 spiro atoms. The zero-order valence-electron chi connectivity index (χ0n) is 16.0. The molecule has 1 saturated heterocycles. The molecule has 0 aliphatic carbocycles. The van der Waals surface area contributed by atoms with Crippen LogP contribution in [-0.4, -0.2) is 35.7 Å². The summed E-state index contributed by atoms with van der Waals surface area (Å²) in [5.41, 5.74) is 5.07. The Labute approximate surface area is 155 Å². The van der Waals surface area contributed by atoms with Gasteiger partial charge in [0.05, 0.1) is 0 Å². The second-order valence-corrected chi connectivity index (χ2v) is 7.33. The summed E-state index contributed by atoms with van der Waals surface area (Å²) in [7, 11) is 0. The minimum atomic E-state index is 0.510. The van der Waals surface area contributed by atoms with Crippen LogP contribution in [0.1, 0.15) is 32.0 Å². The smallest absolute Gasteiger partial charge is 0.128 e. The molecule has 0 saturated carbocycles. The van der Waals surface area contributed by atoms with E-state index in [0.717, 1.165) is 38.4 Å². The lowest BCUT2D eigenvalue weighted by Gasteiger charge is -2.28. The van der Waals surface area contributed by atoms with Crippen LogP contribution in [-0.2, 0) is 0 Å². The highest BCUT2D eigenvalue weighted by Gasteiger charge is 2.13. The number of nitrogens with one attached hydrogen (secondary N) is 1. The maximum Gasteiger partial charge on any atom is 0.128 e. The summed E-state index contributed by atoms with van der Waals surface area (Å²) in [6, 6.07) is 13.9. The molecule has 4 rings (SSSR count). The summed E-state index contributed by atoms with van der Waals surface area (Å²) in [4.78, 5) is 7.08. The molecule has 1 aliphatic rings. The molecule has 1 fully saturated rings. The number of aromatic nitrogens is 2. The van der Waals surface area contributed by atoms with Crippen molar-refractivity contribution < 1.29 is 0 Å². The first-order chi connectivity index (χ1) is 12.7. The molecule has 4 heteroatoms. The fourth-order valence-corrected chi connectivity index (χ4v) is 3.94. The number of hydrogen-bond acceptors (Lipinski definition) is 3. The predicted octanol–water partition coefficient (Wildman–Crippen LogP) is 4.39. The Morgan fingerprint density at radius 2 is 1.85 bits per heavy atom. The number of pyridine rings is 1. The van der Waals surface area contributed by atoms with Crippen molar-refractivity contribution >= 4 is 16.7 Å². The van der Waals surface area contributed by atoms with E-state index in [0.29, 0.717) is 6.04 Å². The first-order valence-electron chi connectivity index (χ1n) is 9.71. The standard InChI is InChI=1S/C22H28N4/c1-4-16(2)26-17(3)13-19-6-5-18(14-21(19)26)20-7-8-22(24-15-20)25-11-9-23-10-12-25/h5-8,13-16,23H,4,9-12H2,1-3H3/t16-/m0/s1. The van der Waals surface area contributed by atoms with Crippen molar-refractivity contribution in [3.63, 3.8) is 0 Å². The number of hydrogen-bond donors (Lipinski definition) is 1. The molecule has 0 radical (unpaired) electrons. The summed E-state index contributed by atoms with van der Waals surface area (Å²) in [5, 5.41) is 4.70. The van der Waals surface area contributed by atoms with Crippen molar-refractivity contribution in [3.05, 3.63) is 48.3 Å². The van der Waals surface area contributed by atoms with Crippen LogP contribution in [0.5, 0.6) is 0 Å². The van der Waals surface area contributed by atoms with Crippen molar-refractivity contribution in [3.8, 4) is 11.1 Å². The van der Waals surface area contributed by atoms with Crippen LogP contribution in [0.4, 0.5) is 5.82 Å². The maximum absolute atomic E-state index is 4.73. The number of nitrogens with zero attached hydrogens (tertiary/aromatic N) is 3. The Balaban J connectivity index is 1.67.